The van der Waals surface area contributed by atoms with Crippen LogP contribution in [-0.2, 0) is 22.6 Å². The van der Waals surface area contributed by atoms with Gasteiger partial charge in [-0.2, -0.15) is 0 Å². The Balaban J connectivity index is 1.61. The molecular weight excluding hydrogens is 442 g/mol. The molecule has 0 heterocycles. The highest BCUT2D eigenvalue weighted by atomic mass is 35.5. The molecule has 2 N–H and O–H groups in total. The van der Waals surface area contributed by atoms with Crippen LogP contribution in [0.15, 0.2) is 78.9 Å². The zero-order valence-electron chi connectivity index (χ0n) is 18.0. The monoisotopic (exact) mass is 465 g/mol. The molecule has 3 aromatic carbocycles. The maximum atomic E-state index is 12.3. The van der Waals surface area contributed by atoms with E-state index in [1.807, 2.05) is 42.5 Å². The van der Waals surface area contributed by atoms with Crippen molar-refractivity contribution in [2.45, 2.75) is 19.1 Å². The van der Waals surface area contributed by atoms with Gasteiger partial charge in [-0.1, -0.05) is 60.1 Å². The molecule has 0 spiro atoms. The third-order valence-corrected chi connectivity index (χ3v) is 5.07. The summed E-state index contributed by atoms with van der Waals surface area (Å²) in [4.78, 5) is 23.8. The Morgan fingerprint density at radius 2 is 1.73 bits per heavy atom. The fourth-order valence-corrected chi connectivity index (χ4v) is 3.22. The summed E-state index contributed by atoms with van der Waals surface area (Å²) in [6.45, 7) is 0.350. The van der Waals surface area contributed by atoms with Gasteiger partial charge in [-0.3, -0.25) is 4.79 Å². The van der Waals surface area contributed by atoms with Crippen molar-refractivity contribution in [3.8, 4) is 11.5 Å². The Morgan fingerprint density at radius 1 is 1.00 bits per heavy atom. The number of aliphatic carboxylic acids is 1. The number of amides is 1. The molecule has 3 rings (SSSR count). The first-order chi connectivity index (χ1) is 15.9. The minimum absolute atomic E-state index is 0.198. The van der Waals surface area contributed by atoms with E-state index in [4.69, 9.17) is 21.1 Å². The molecule has 0 aliphatic carbocycles. The van der Waals surface area contributed by atoms with Crippen LogP contribution >= 0.6 is 11.6 Å². The number of nitrogens with one attached hydrogen (secondary N) is 1. The topological polar surface area (TPSA) is 84.9 Å². The standard InChI is InChI=1S/C26H24ClNO5/c1-32-24-16-19(9-13-23(24)33-17-20-7-11-21(27)12-8-20)10-14-25(29)28-22(26(30)31)15-18-5-3-2-4-6-18/h2-14,16,22H,15,17H2,1H3,(H,28,29)(H,30,31)/b14-10+/t22-/m0/s1. The maximum absolute atomic E-state index is 12.3. The zero-order chi connectivity index (χ0) is 23.6. The lowest BCUT2D eigenvalue weighted by molar-refractivity contribution is -0.141. The van der Waals surface area contributed by atoms with Gasteiger partial charge in [0.2, 0.25) is 5.91 Å². The lowest BCUT2D eigenvalue weighted by atomic mass is 10.1. The molecule has 0 saturated carbocycles. The van der Waals surface area contributed by atoms with E-state index in [0.29, 0.717) is 28.7 Å². The highest BCUT2D eigenvalue weighted by molar-refractivity contribution is 6.30. The van der Waals surface area contributed by atoms with Crippen LogP contribution in [0.1, 0.15) is 16.7 Å². The second kappa shape index (κ2) is 11.7. The predicted molar refractivity (Wildman–Crippen MR) is 128 cm³/mol. The van der Waals surface area contributed by atoms with Crippen molar-refractivity contribution in [1.82, 2.24) is 5.32 Å². The van der Waals surface area contributed by atoms with Crippen LogP contribution in [0.3, 0.4) is 0 Å². The van der Waals surface area contributed by atoms with E-state index in [2.05, 4.69) is 5.32 Å². The van der Waals surface area contributed by atoms with Crippen molar-refractivity contribution in [3.63, 3.8) is 0 Å². The molecule has 0 aliphatic rings. The second-order valence-corrected chi connectivity index (χ2v) is 7.68. The summed E-state index contributed by atoms with van der Waals surface area (Å²) in [7, 11) is 1.53. The number of carbonyl (C=O) groups excluding carboxylic acids is 1. The number of carboxylic acid groups (broad SMARTS) is 1. The van der Waals surface area contributed by atoms with Crippen LogP contribution in [0.2, 0.25) is 5.02 Å². The largest absolute Gasteiger partial charge is 0.493 e. The molecule has 0 radical (unpaired) electrons. The SMILES string of the molecule is COc1cc(/C=C/C(=O)N[C@@H](Cc2ccccc2)C(=O)O)ccc1OCc1ccc(Cl)cc1. The molecule has 1 amide bonds. The Kier molecular flexibility index (Phi) is 8.49. The van der Waals surface area contributed by atoms with Gasteiger partial charge in [-0.05, 0) is 47.0 Å². The van der Waals surface area contributed by atoms with Crippen molar-refractivity contribution < 1.29 is 24.2 Å². The molecule has 3 aromatic rings. The summed E-state index contributed by atoms with van der Waals surface area (Å²) in [5.41, 5.74) is 2.49. The Morgan fingerprint density at radius 3 is 2.39 bits per heavy atom. The van der Waals surface area contributed by atoms with Gasteiger partial charge in [-0.25, -0.2) is 4.79 Å². The zero-order valence-corrected chi connectivity index (χ0v) is 18.8. The number of carboxylic acids is 1. The van der Waals surface area contributed by atoms with Crippen molar-refractivity contribution in [1.29, 1.82) is 0 Å². The van der Waals surface area contributed by atoms with E-state index in [-0.39, 0.29) is 6.42 Å². The average Bonchev–Trinajstić information content (AvgIpc) is 2.82. The summed E-state index contributed by atoms with van der Waals surface area (Å²) in [6.07, 6.45) is 3.08. The fraction of sp³-hybridized carbons (Fsp3) is 0.154. The minimum atomic E-state index is -1.09. The smallest absolute Gasteiger partial charge is 0.326 e. The lowest BCUT2D eigenvalue weighted by Gasteiger charge is -2.13. The predicted octanol–water partition coefficient (Wildman–Crippen LogP) is 4.75. The molecule has 0 bridgehead atoms. The number of carbonyl (C=O) groups is 2. The molecule has 1 atom stereocenters. The van der Waals surface area contributed by atoms with Crippen LogP contribution < -0.4 is 14.8 Å². The van der Waals surface area contributed by atoms with Gasteiger partial charge in [0.05, 0.1) is 7.11 Å². The molecule has 6 nitrogen and oxygen atoms in total. The van der Waals surface area contributed by atoms with Crippen molar-refractivity contribution in [3.05, 3.63) is 101 Å². The number of benzene rings is 3. The van der Waals surface area contributed by atoms with Gasteiger partial charge >= 0.3 is 5.97 Å². The van der Waals surface area contributed by atoms with Gasteiger partial charge in [0.1, 0.15) is 12.6 Å². The number of rotatable bonds is 10. The first kappa shape index (κ1) is 23.9. The van der Waals surface area contributed by atoms with E-state index in [0.717, 1.165) is 11.1 Å². The van der Waals surface area contributed by atoms with Crippen molar-refractivity contribution in [2.24, 2.45) is 0 Å². The highest BCUT2D eigenvalue weighted by Crippen LogP contribution is 2.29. The van der Waals surface area contributed by atoms with Gasteiger partial charge in [0.15, 0.2) is 11.5 Å². The third-order valence-electron chi connectivity index (χ3n) is 4.82. The Labute approximate surface area is 197 Å². The number of ether oxygens (including phenoxy) is 2. The normalized spacial score (nSPS) is 11.7. The van der Waals surface area contributed by atoms with Gasteiger partial charge < -0.3 is 19.9 Å². The number of hydrogen-bond donors (Lipinski definition) is 2. The van der Waals surface area contributed by atoms with E-state index < -0.39 is 17.9 Å². The molecule has 7 heteroatoms. The maximum Gasteiger partial charge on any atom is 0.326 e. The van der Waals surface area contributed by atoms with Crippen molar-refractivity contribution in [2.75, 3.05) is 7.11 Å². The van der Waals surface area contributed by atoms with E-state index >= 15 is 0 Å². The van der Waals surface area contributed by atoms with Crippen LogP contribution in [0.5, 0.6) is 11.5 Å². The van der Waals surface area contributed by atoms with Crippen LogP contribution in [0.25, 0.3) is 6.08 Å². The molecule has 0 aromatic heterocycles. The first-order valence-electron chi connectivity index (χ1n) is 10.2. The number of hydrogen-bond acceptors (Lipinski definition) is 4. The number of halogens is 1. The van der Waals surface area contributed by atoms with Gasteiger partial charge in [0, 0.05) is 17.5 Å². The average molecular weight is 466 g/mol. The van der Waals surface area contributed by atoms with Crippen LogP contribution in [-0.4, -0.2) is 30.1 Å². The van der Waals surface area contributed by atoms with E-state index in [1.54, 1.807) is 36.4 Å². The molecule has 0 aliphatic heterocycles. The molecule has 0 fully saturated rings. The van der Waals surface area contributed by atoms with Crippen molar-refractivity contribution >= 4 is 29.6 Å². The summed E-state index contributed by atoms with van der Waals surface area (Å²) in [5, 5.41) is 12.6. The Bertz CT molecular complexity index is 1110. The quantitative estimate of drug-likeness (QED) is 0.422. The summed E-state index contributed by atoms with van der Waals surface area (Å²) in [5.74, 6) is -0.522. The summed E-state index contributed by atoms with van der Waals surface area (Å²) in [6, 6.07) is 20.7. The molecule has 0 unspecified atom stereocenters. The number of methoxy groups -OCH3 is 1. The summed E-state index contributed by atoms with van der Waals surface area (Å²) >= 11 is 5.90. The third kappa shape index (κ3) is 7.40. The molecular formula is C26H24ClNO5. The molecule has 33 heavy (non-hydrogen) atoms. The fourth-order valence-electron chi connectivity index (χ4n) is 3.09. The lowest BCUT2D eigenvalue weighted by Crippen LogP contribution is -2.41. The van der Waals surface area contributed by atoms with Gasteiger partial charge in [0.25, 0.3) is 0 Å². The molecule has 170 valence electrons. The van der Waals surface area contributed by atoms with Gasteiger partial charge in [-0.15, -0.1) is 0 Å². The minimum Gasteiger partial charge on any atom is -0.493 e. The highest BCUT2D eigenvalue weighted by Gasteiger charge is 2.19. The summed E-state index contributed by atoms with van der Waals surface area (Å²) < 4.78 is 11.2. The van der Waals surface area contributed by atoms with E-state index in [1.165, 1.54) is 13.2 Å². The first-order valence-corrected chi connectivity index (χ1v) is 10.6. The molecule has 0 saturated heterocycles. The van der Waals surface area contributed by atoms with Crippen LogP contribution in [0.4, 0.5) is 0 Å². The van der Waals surface area contributed by atoms with E-state index in [9.17, 15) is 14.7 Å². The van der Waals surface area contributed by atoms with Crippen LogP contribution in [0, 0.1) is 0 Å². The second-order valence-electron chi connectivity index (χ2n) is 7.25. The Hall–Kier alpha value is -3.77.